The van der Waals surface area contributed by atoms with Gasteiger partial charge in [-0.25, -0.2) is 0 Å². The van der Waals surface area contributed by atoms with Crippen molar-refractivity contribution in [2.75, 3.05) is 6.54 Å². The normalized spacial score (nSPS) is 44.9. The molecule has 7 aliphatic rings. The van der Waals surface area contributed by atoms with Gasteiger partial charge >= 0.3 is 0 Å². The molecule has 2 heteroatoms. The van der Waals surface area contributed by atoms with E-state index < -0.39 is 0 Å². The molecule has 0 spiro atoms. The van der Waals surface area contributed by atoms with Crippen LogP contribution in [0.15, 0.2) is 41.4 Å². The summed E-state index contributed by atoms with van der Waals surface area (Å²) >= 11 is 0. The van der Waals surface area contributed by atoms with Crippen molar-refractivity contribution >= 4 is 12.4 Å². The Morgan fingerprint density at radius 3 is 2.19 bits per heavy atom. The Bertz CT molecular complexity index is 1040. The van der Waals surface area contributed by atoms with Crippen molar-refractivity contribution in [1.82, 2.24) is 0 Å². The first-order chi connectivity index (χ1) is 21.3. The standard InChI is InChI=1S/C41H62N2/c42-27-33(12-8-9-29-25-26-43-28-29)37-24-23-36(40-15-6-7-16-41(37)40)32-19-17-31(18-20-32)35-22-21-34(30-10-2-1-3-11-30)38-13-4-5-14-39(35)38/h1-2,6,15,17,19,27-42H,3-5,7-14,16,18,20-26H2. The second kappa shape index (κ2) is 14.3. The molecule has 7 rings (SSSR count). The van der Waals surface area contributed by atoms with Crippen molar-refractivity contribution in [1.29, 1.82) is 5.41 Å². The number of hydrogen-bond acceptors (Lipinski definition) is 2. The molecule has 0 bridgehead atoms. The summed E-state index contributed by atoms with van der Waals surface area (Å²) in [4.78, 5) is 4.46. The molecule has 13 atom stereocenters. The summed E-state index contributed by atoms with van der Waals surface area (Å²) < 4.78 is 0. The number of hydrogen-bond donors (Lipinski definition) is 1. The minimum absolute atomic E-state index is 0.493. The van der Waals surface area contributed by atoms with Gasteiger partial charge in [-0.15, -0.1) is 0 Å². The maximum atomic E-state index is 8.41. The van der Waals surface area contributed by atoms with Crippen LogP contribution in [0, 0.1) is 82.3 Å². The van der Waals surface area contributed by atoms with Crippen LogP contribution in [-0.2, 0) is 0 Å². The van der Waals surface area contributed by atoms with Gasteiger partial charge in [0, 0.05) is 12.8 Å². The first kappa shape index (κ1) is 30.2. The van der Waals surface area contributed by atoms with E-state index in [-0.39, 0.29) is 0 Å². The van der Waals surface area contributed by atoms with E-state index in [9.17, 15) is 0 Å². The number of nitrogens with one attached hydrogen (secondary N) is 1. The molecule has 13 unspecified atom stereocenters. The third-order valence-corrected chi connectivity index (χ3v) is 14.5. The third kappa shape index (κ3) is 6.60. The molecule has 43 heavy (non-hydrogen) atoms. The molecule has 0 aromatic carbocycles. The van der Waals surface area contributed by atoms with Crippen LogP contribution in [0.4, 0.5) is 0 Å². The molecular weight excluding hydrogens is 520 g/mol. The number of fused-ring (bicyclic) bond motifs is 2. The van der Waals surface area contributed by atoms with Gasteiger partial charge in [0.25, 0.3) is 0 Å². The van der Waals surface area contributed by atoms with Gasteiger partial charge in [-0.1, -0.05) is 55.7 Å². The van der Waals surface area contributed by atoms with Crippen LogP contribution in [-0.4, -0.2) is 19.0 Å². The molecule has 0 saturated heterocycles. The quantitative estimate of drug-likeness (QED) is 0.207. The highest BCUT2D eigenvalue weighted by Crippen LogP contribution is 2.56. The number of aliphatic imine (C=N–C) groups is 1. The predicted molar refractivity (Wildman–Crippen MR) is 183 cm³/mol. The largest absolute Gasteiger partial charge is 0.313 e. The summed E-state index contributed by atoms with van der Waals surface area (Å²) in [5.41, 5.74) is 0. The average Bonchev–Trinajstić information content (AvgIpc) is 3.60. The van der Waals surface area contributed by atoms with Crippen molar-refractivity contribution in [3.63, 3.8) is 0 Å². The topological polar surface area (TPSA) is 36.2 Å². The van der Waals surface area contributed by atoms with Gasteiger partial charge in [-0.2, -0.15) is 0 Å². The van der Waals surface area contributed by atoms with E-state index in [2.05, 4.69) is 47.7 Å². The van der Waals surface area contributed by atoms with Crippen LogP contribution in [0.1, 0.15) is 122 Å². The van der Waals surface area contributed by atoms with Gasteiger partial charge < -0.3 is 5.41 Å². The average molecular weight is 583 g/mol. The van der Waals surface area contributed by atoms with E-state index in [0.717, 1.165) is 71.6 Å². The van der Waals surface area contributed by atoms with Crippen LogP contribution < -0.4 is 0 Å². The van der Waals surface area contributed by atoms with Crippen LogP contribution >= 0.6 is 0 Å². The monoisotopic (exact) mass is 582 g/mol. The van der Waals surface area contributed by atoms with Crippen molar-refractivity contribution in [2.45, 2.75) is 122 Å². The number of rotatable bonds is 9. The van der Waals surface area contributed by atoms with Crippen LogP contribution in [0.2, 0.25) is 0 Å². The summed E-state index contributed by atoms with van der Waals surface area (Å²) in [5, 5.41) is 8.41. The highest BCUT2D eigenvalue weighted by molar-refractivity contribution is 5.62. The van der Waals surface area contributed by atoms with E-state index in [4.69, 9.17) is 5.41 Å². The van der Waals surface area contributed by atoms with Gasteiger partial charge in [-0.3, -0.25) is 4.99 Å². The summed E-state index contributed by atoms with van der Waals surface area (Å²) in [5.74, 6) is 11.0. The fourth-order valence-electron chi connectivity index (χ4n) is 12.4. The smallest absolute Gasteiger partial charge is 0.0391 e. The zero-order valence-electron chi connectivity index (χ0n) is 27.2. The third-order valence-electron chi connectivity index (χ3n) is 14.5. The Labute approximate surface area is 264 Å². The van der Waals surface area contributed by atoms with E-state index >= 15 is 0 Å². The van der Waals surface area contributed by atoms with E-state index in [1.165, 1.54) is 122 Å². The molecule has 3 saturated carbocycles. The van der Waals surface area contributed by atoms with Gasteiger partial charge in [0.15, 0.2) is 0 Å². The molecule has 0 aromatic heterocycles. The van der Waals surface area contributed by atoms with E-state index in [0.29, 0.717) is 11.8 Å². The van der Waals surface area contributed by atoms with Crippen molar-refractivity contribution < 1.29 is 0 Å². The number of nitrogens with zero attached hydrogens (tertiary/aromatic N) is 1. The van der Waals surface area contributed by atoms with Crippen molar-refractivity contribution in [3.8, 4) is 0 Å². The number of allylic oxidation sites excluding steroid dienone is 6. The Morgan fingerprint density at radius 2 is 1.44 bits per heavy atom. The maximum Gasteiger partial charge on any atom is 0.0391 e. The molecule has 6 aliphatic carbocycles. The first-order valence-corrected chi connectivity index (χ1v) is 19.3. The molecular formula is C41H62N2. The van der Waals surface area contributed by atoms with Crippen LogP contribution in [0.5, 0.6) is 0 Å². The molecule has 1 N–H and O–H groups in total. The second-order valence-electron chi connectivity index (χ2n) is 16.4. The lowest BCUT2D eigenvalue weighted by atomic mass is 9.53. The lowest BCUT2D eigenvalue weighted by Gasteiger charge is -2.52. The summed E-state index contributed by atoms with van der Waals surface area (Å²) in [7, 11) is 0. The Morgan fingerprint density at radius 1 is 0.674 bits per heavy atom. The summed E-state index contributed by atoms with van der Waals surface area (Å²) in [6.07, 6.45) is 46.4. The molecule has 236 valence electrons. The molecule has 0 aromatic rings. The molecule has 1 aliphatic heterocycles. The highest BCUT2D eigenvalue weighted by Gasteiger charge is 2.47. The zero-order chi connectivity index (χ0) is 29.0. The Hall–Kier alpha value is -1.44. The predicted octanol–water partition coefficient (Wildman–Crippen LogP) is 10.9. The summed E-state index contributed by atoms with van der Waals surface area (Å²) in [6, 6.07) is 0. The van der Waals surface area contributed by atoms with Gasteiger partial charge in [0.1, 0.15) is 0 Å². The van der Waals surface area contributed by atoms with Gasteiger partial charge in [0.2, 0.25) is 0 Å². The van der Waals surface area contributed by atoms with Crippen LogP contribution in [0.3, 0.4) is 0 Å². The lowest BCUT2D eigenvalue weighted by molar-refractivity contribution is -0.00252. The molecule has 0 radical (unpaired) electrons. The van der Waals surface area contributed by atoms with Crippen molar-refractivity contribution in [3.05, 3.63) is 36.5 Å². The Balaban J connectivity index is 0.978. The molecule has 2 nitrogen and oxygen atoms in total. The van der Waals surface area contributed by atoms with E-state index in [1.54, 1.807) is 0 Å². The second-order valence-corrected chi connectivity index (χ2v) is 16.4. The lowest BCUT2D eigenvalue weighted by Crippen LogP contribution is -2.43. The molecule has 0 amide bonds. The van der Waals surface area contributed by atoms with Crippen LogP contribution in [0.25, 0.3) is 0 Å². The van der Waals surface area contributed by atoms with Gasteiger partial charge in [-0.05, 0) is 186 Å². The fraction of sp³-hybridized carbons (Fsp3) is 0.805. The molecule has 1 heterocycles. The Kier molecular flexibility index (Phi) is 10.1. The zero-order valence-corrected chi connectivity index (χ0v) is 27.2. The highest BCUT2D eigenvalue weighted by atomic mass is 14.7. The SMILES string of the molecule is N=CC(CCCC1C=NCC1)C1CCC(C2C=CC(C3CCC(C4CC=CCC4)C4CCCCC34)CC2)C2C=CCCC21. The minimum Gasteiger partial charge on any atom is -0.313 e. The van der Waals surface area contributed by atoms with Gasteiger partial charge in [0.05, 0.1) is 0 Å². The van der Waals surface area contributed by atoms with E-state index in [1.807, 2.05) is 6.21 Å². The molecule has 3 fully saturated rings. The van der Waals surface area contributed by atoms with Crippen molar-refractivity contribution in [2.24, 2.45) is 81.9 Å². The first-order valence-electron chi connectivity index (χ1n) is 19.3. The summed E-state index contributed by atoms with van der Waals surface area (Å²) in [6.45, 7) is 1.04. The minimum atomic E-state index is 0.493. The maximum absolute atomic E-state index is 8.41. The fourth-order valence-corrected chi connectivity index (χ4v) is 12.4.